The third kappa shape index (κ3) is 4.22. The van der Waals surface area contributed by atoms with Gasteiger partial charge in [-0.15, -0.1) is 11.3 Å². The van der Waals surface area contributed by atoms with Gasteiger partial charge in [0.25, 0.3) is 5.69 Å². The molecule has 0 saturated heterocycles. The monoisotopic (exact) mass is 440 g/mol. The van der Waals surface area contributed by atoms with Gasteiger partial charge < -0.3 is 0 Å². The third-order valence-electron chi connectivity index (χ3n) is 3.58. The van der Waals surface area contributed by atoms with Crippen molar-refractivity contribution in [3.8, 4) is 11.3 Å². The third-order valence-corrected chi connectivity index (χ3v) is 5.55. The van der Waals surface area contributed by atoms with Crippen LogP contribution in [0, 0.1) is 10.1 Å². The SMILES string of the molecule is CN=c1scc(-c2ccc(Cl)c(Cl)c2)n1N=Cc1ccc(Cl)c([N+](=O)[O-])c1. The van der Waals surface area contributed by atoms with Crippen molar-refractivity contribution in [1.29, 1.82) is 0 Å². The van der Waals surface area contributed by atoms with Gasteiger partial charge in [0, 0.05) is 29.6 Å². The average molecular weight is 442 g/mol. The van der Waals surface area contributed by atoms with E-state index in [2.05, 4.69) is 10.1 Å². The van der Waals surface area contributed by atoms with Crippen LogP contribution in [0.3, 0.4) is 0 Å². The molecule has 3 aromatic rings. The highest BCUT2D eigenvalue weighted by atomic mass is 35.5. The molecule has 2 aromatic carbocycles. The number of thiazole rings is 1. The fourth-order valence-corrected chi connectivity index (χ4v) is 3.58. The summed E-state index contributed by atoms with van der Waals surface area (Å²) >= 11 is 19.3. The minimum atomic E-state index is -0.536. The Morgan fingerprint density at radius 3 is 2.52 bits per heavy atom. The van der Waals surface area contributed by atoms with Crippen LogP contribution in [0.2, 0.25) is 15.1 Å². The maximum atomic E-state index is 11.0. The molecule has 0 saturated carbocycles. The van der Waals surface area contributed by atoms with E-state index in [1.54, 1.807) is 29.9 Å². The van der Waals surface area contributed by atoms with Crippen molar-refractivity contribution < 1.29 is 4.92 Å². The molecule has 3 rings (SSSR count). The van der Waals surface area contributed by atoms with Crippen LogP contribution in [0.5, 0.6) is 0 Å². The Morgan fingerprint density at radius 1 is 1.11 bits per heavy atom. The Labute approximate surface area is 173 Å². The zero-order valence-corrected chi connectivity index (χ0v) is 16.9. The van der Waals surface area contributed by atoms with Gasteiger partial charge in [0.1, 0.15) is 5.02 Å². The lowest BCUT2D eigenvalue weighted by molar-refractivity contribution is -0.384. The first kappa shape index (κ1) is 19.6. The van der Waals surface area contributed by atoms with Gasteiger partial charge in [-0.1, -0.05) is 46.9 Å². The van der Waals surface area contributed by atoms with Crippen LogP contribution < -0.4 is 4.80 Å². The molecular weight excluding hydrogens is 431 g/mol. The molecule has 0 aliphatic rings. The zero-order valence-electron chi connectivity index (χ0n) is 13.8. The lowest BCUT2D eigenvalue weighted by Gasteiger charge is -2.05. The molecule has 1 aromatic heterocycles. The molecule has 0 aliphatic carbocycles. The van der Waals surface area contributed by atoms with Crippen molar-refractivity contribution in [1.82, 2.24) is 4.68 Å². The smallest absolute Gasteiger partial charge is 0.261 e. The van der Waals surface area contributed by atoms with Gasteiger partial charge in [-0.05, 0) is 18.2 Å². The van der Waals surface area contributed by atoms with Crippen LogP contribution in [0.15, 0.2) is 51.9 Å². The van der Waals surface area contributed by atoms with Crippen LogP contribution in [0.25, 0.3) is 11.3 Å². The molecule has 0 atom stereocenters. The van der Waals surface area contributed by atoms with Gasteiger partial charge in [0.15, 0.2) is 0 Å². The van der Waals surface area contributed by atoms with Gasteiger partial charge >= 0.3 is 0 Å². The molecule has 0 radical (unpaired) electrons. The molecule has 0 unspecified atom stereocenters. The van der Waals surface area contributed by atoms with Gasteiger partial charge in [-0.2, -0.15) is 5.10 Å². The highest BCUT2D eigenvalue weighted by Crippen LogP contribution is 2.29. The molecule has 138 valence electrons. The molecule has 0 aliphatic heterocycles. The van der Waals surface area contributed by atoms with E-state index in [-0.39, 0.29) is 10.7 Å². The standard InChI is InChI=1S/C17H11Cl3N4O2S/c1-21-17-23(16(9-27-17)11-3-5-12(18)14(20)7-11)22-8-10-2-4-13(19)15(6-10)24(25)26/h2-9H,1H3. The molecular formula is C17H11Cl3N4O2S. The average Bonchev–Trinajstić information content (AvgIpc) is 3.06. The molecule has 1 heterocycles. The minimum Gasteiger partial charge on any atom is -0.261 e. The summed E-state index contributed by atoms with van der Waals surface area (Å²) in [6.07, 6.45) is 1.51. The largest absolute Gasteiger partial charge is 0.288 e. The van der Waals surface area contributed by atoms with Crippen molar-refractivity contribution in [3.05, 3.63) is 77.3 Å². The molecule has 27 heavy (non-hydrogen) atoms. The normalized spacial score (nSPS) is 12.1. The molecule has 0 amide bonds. The summed E-state index contributed by atoms with van der Waals surface area (Å²) in [6, 6.07) is 9.74. The van der Waals surface area contributed by atoms with E-state index in [1.165, 1.54) is 29.7 Å². The molecule has 10 heteroatoms. The Kier molecular flexibility index (Phi) is 5.96. The lowest BCUT2D eigenvalue weighted by Crippen LogP contribution is -2.11. The highest BCUT2D eigenvalue weighted by molar-refractivity contribution is 7.07. The summed E-state index contributed by atoms with van der Waals surface area (Å²) in [5, 5.41) is 18.3. The number of benzene rings is 2. The van der Waals surface area contributed by atoms with E-state index < -0.39 is 4.92 Å². The van der Waals surface area contributed by atoms with Crippen LogP contribution in [-0.2, 0) is 0 Å². The molecule has 6 nitrogen and oxygen atoms in total. The summed E-state index contributed by atoms with van der Waals surface area (Å²) < 4.78 is 1.63. The number of nitro groups is 1. The highest BCUT2D eigenvalue weighted by Gasteiger charge is 2.13. The number of rotatable bonds is 4. The summed E-state index contributed by atoms with van der Waals surface area (Å²) in [4.78, 5) is 15.4. The van der Waals surface area contributed by atoms with E-state index in [9.17, 15) is 10.1 Å². The van der Waals surface area contributed by atoms with Gasteiger partial charge in [-0.3, -0.25) is 15.1 Å². The number of hydrogen-bond donors (Lipinski definition) is 0. The van der Waals surface area contributed by atoms with Crippen molar-refractivity contribution in [2.75, 3.05) is 7.05 Å². The number of halogens is 3. The van der Waals surface area contributed by atoms with Gasteiger partial charge in [-0.25, -0.2) is 4.68 Å². The van der Waals surface area contributed by atoms with Crippen LogP contribution in [0.1, 0.15) is 5.56 Å². The number of aromatic nitrogens is 1. The van der Waals surface area contributed by atoms with Crippen molar-refractivity contribution in [2.45, 2.75) is 0 Å². The van der Waals surface area contributed by atoms with Crippen LogP contribution in [-0.4, -0.2) is 22.9 Å². The molecule has 0 bridgehead atoms. The molecule has 0 spiro atoms. The first-order chi connectivity index (χ1) is 12.9. The fourth-order valence-electron chi connectivity index (χ4n) is 2.29. The molecule has 0 N–H and O–H groups in total. The Balaban J connectivity index is 2.06. The Hall–Kier alpha value is -2.19. The zero-order chi connectivity index (χ0) is 19.6. The Bertz CT molecular complexity index is 1120. The summed E-state index contributed by atoms with van der Waals surface area (Å²) in [5.74, 6) is 0. The van der Waals surface area contributed by atoms with Crippen molar-refractivity contribution in [2.24, 2.45) is 10.1 Å². The summed E-state index contributed by atoms with van der Waals surface area (Å²) in [5.41, 5.74) is 1.93. The van der Waals surface area contributed by atoms with Gasteiger partial charge in [0.2, 0.25) is 4.80 Å². The quantitative estimate of drug-likeness (QED) is 0.305. The first-order valence-electron chi connectivity index (χ1n) is 7.48. The predicted molar refractivity (Wildman–Crippen MR) is 110 cm³/mol. The summed E-state index contributed by atoms with van der Waals surface area (Å²) in [6.45, 7) is 0. The summed E-state index contributed by atoms with van der Waals surface area (Å²) in [7, 11) is 1.66. The second-order valence-electron chi connectivity index (χ2n) is 5.28. The van der Waals surface area contributed by atoms with Gasteiger partial charge in [0.05, 0.1) is 26.9 Å². The van der Waals surface area contributed by atoms with Crippen molar-refractivity contribution >= 4 is 58.0 Å². The predicted octanol–water partition coefficient (Wildman–Crippen LogP) is 5.50. The van der Waals surface area contributed by atoms with Crippen LogP contribution >= 0.6 is 46.1 Å². The van der Waals surface area contributed by atoms with E-state index in [0.29, 0.717) is 20.4 Å². The van der Waals surface area contributed by atoms with E-state index >= 15 is 0 Å². The number of nitrogens with zero attached hydrogens (tertiary/aromatic N) is 4. The first-order valence-corrected chi connectivity index (χ1v) is 9.49. The van der Waals surface area contributed by atoms with E-state index in [4.69, 9.17) is 34.8 Å². The fraction of sp³-hybridized carbons (Fsp3) is 0.0588. The maximum Gasteiger partial charge on any atom is 0.288 e. The minimum absolute atomic E-state index is 0.0704. The van der Waals surface area contributed by atoms with Crippen molar-refractivity contribution in [3.63, 3.8) is 0 Å². The number of nitro benzene ring substituents is 1. The maximum absolute atomic E-state index is 11.0. The van der Waals surface area contributed by atoms with Crippen LogP contribution in [0.4, 0.5) is 5.69 Å². The topological polar surface area (TPSA) is 72.8 Å². The lowest BCUT2D eigenvalue weighted by atomic mass is 10.2. The Morgan fingerprint density at radius 2 is 1.85 bits per heavy atom. The molecule has 0 fully saturated rings. The number of hydrogen-bond acceptors (Lipinski definition) is 5. The van der Waals surface area contributed by atoms with E-state index in [1.807, 2.05) is 11.4 Å². The van der Waals surface area contributed by atoms with E-state index in [0.717, 1.165) is 11.3 Å². The second kappa shape index (κ2) is 8.22. The second-order valence-corrected chi connectivity index (χ2v) is 7.34.